The second-order valence-electron chi connectivity index (χ2n) is 5.45. The molecule has 18 heavy (non-hydrogen) atoms. The smallest absolute Gasteiger partial charge is 0.311 e. The maximum absolute atomic E-state index is 11.9. The number of nitrogens with zero attached hydrogens (tertiary/aromatic N) is 1. The van der Waals surface area contributed by atoms with Crippen molar-refractivity contribution in [1.29, 1.82) is 0 Å². The zero-order chi connectivity index (χ0) is 13.8. The second kappa shape index (κ2) is 6.18. The Hall–Kier alpha value is -1.10. The first-order valence-corrected chi connectivity index (χ1v) is 6.48. The normalized spacial score (nSPS) is 24.3. The fourth-order valence-corrected chi connectivity index (χ4v) is 2.17. The molecule has 0 saturated carbocycles. The number of aliphatic carboxylic acids is 1. The minimum absolute atomic E-state index is 0.0113. The van der Waals surface area contributed by atoms with Gasteiger partial charge in [-0.25, -0.2) is 0 Å². The molecule has 1 saturated heterocycles. The molecule has 1 unspecified atom stereocenters. The van der Waals surface area contributed by atoms with Crippen LogP contribution in [-0.2, 0) is 14.3 Å². The van der Waals surface area contributed by atoms with Crippen LogP contribution in [-0.4, -0.2) is 47.7 Å². The van der Waals surface area contributed by atoms with Gasteiger partial charge in [0.15, 0.2) is 0 Å². The molecule has 0 aromatic rings. The number of carbonyl (C=O) groups is 2. The molecule has 0 spiro atoms. The van der Waals surface area contributed by atoms with Crippen molar-refractivity contribution >= 4 is 11.9 Å². The van der Waals surface area contributed by atoms with E-state index in [0.29, 0.717) is 32.5 Å². The van der Waals surface area contributed by atoms with Gasteiger partial charge >= 0.3 is 5.97 Å². The van der Waals surface area contributed by atoms with Crippen LogP contribution in [0.25, 0.3) is 0 Å². The number of amides is 1. The number of carboxylic acid groups (broad SMARTS) is 1. The maximum Gasteiger partial charge on any atom is 0.311 e. The monoisotopic (exact) mass is 257 g/mol. The summed E-state index contributed by atoms with van der Waals surface area (Å²) in [7, 11) is 0. The van der Waals surface area contributed by atoms with Gasteiger partial charge in [-0.15, -0.1) is 0 Å². The second-order valence-corrected chi connectivity index (χ2v) is 5.45. The van der Waals surface area contributed by atoms with Crippen LogP contribution in [0.2, 0.25) is 0 Å². The lowest BCUT2D eigenvalue weighted by molar-refractivity contribution is -0.153. The lowest BCUT2D eigenvalue weighted by Gasteiger charge is -2.37. The first-order chi connectivity index (χ1) is 8.35. The summed E-state index contributed by atoms with van der Waals surface area (Å²) in [5.41, 5.74) is -0.799. The van der Waals surface area contributed by atoms with Gasteiger partial charge in [-0.1, -0.05) is 0 Å². The van der Waals surface area contributed by atoms with E-state index in [4.69, 9.17) is 4.74 Å². The van der Waals surface area contributed by atoms with Crippen LogP contribution in [0, 0.1) is 5.41 Å². The van der Waals surface area contributed by atoms with Crippen molar-refractivity contribution in [3.05, 3.63) is 0 Å². The van der Waals surface area contributed by atoms with Crippen molar-refractivity contribution in [2.24, 2.45) is 5.41 Å². The summed E-state index contributed by atoms with van der Waals surface area (Å²) in [6, 6.07) is 0. The Morgan fingerprint density at radius 3 is 2.67 bits per heavy atom. The van der Waals surface area contributed by atoms with E-state index in [1.807, 2.05) is 13.8 Å². The molecule has 1 aliphatic heterocycles. The largest absolute Gasteiger partial charge is 0.481 e. The minimum atomic E-state index is -0.821. The van der Waals surface area contributed by atoms with Crippen molar-refractivity contribution in [2.75, 3.05) is 19.7 Å². The number of carboxylic acids is 1. The number of hydrogen-bond donors (Lipinski definition) is 1. The van der Waals surface area contributed by atoms with E-state index in [1.165, 1.54) is 0 Å². The Bertz CT molecular complexity index is 316. The molecule has 0 radical (unpaired) electrons. The molecular formula is C13H23NO4. The third-order valence-electron chi connectivity index (χ3n) is 3.33. The summed E-state index contributed by atoms with van der Waals surface area (Å²) in [6.07, 6.45) is 1.82. The first-order valence-electron chi connectivity index (χ1n) is 6.48. The highest BCUT2D eigenvalue weighted by molar-refractivity contribution is 5.79. The summed E-state index contributed by atoms with van der Waals surface area (Å²) < 4.78 is 5.34. The average Bonchev–Trinajstić information content (AvgIpc) is 2.28. The molecule has 1 aliphatic rings. The van der Waals surface area contributed by atoms with E-state index in [2.05, 4.69) is 0 Å². The van der Waals surface area contributed by atoms with Crippen LogP contribution < -0.4 is 0 Å². The highest BCUT2D eigenvalue weighted by Gasteiger charge is 2.39. The quantitative estimate of drug-likeness (QED) is 0.810. The predicted octanol–water partition coefficient (Wildman–Crippen LogP) is 1.51. The van der Waals surface area contributed by atoms with E-state index in [9.17, 15) is 14.7 Å². The zero-order valence-corrected chi connectivity index (χ0v) is 11.4. The van der Waals surface area contributed by atoms with Crippen LogP contribution >= 0.6 is 0 Å². The molecule has 0 bridgehead atoms. The van der Waals surface area contributed by atoms with Gasteiger partial charge in [-0.2, -0.15) is 0 Å². The van der Waals surface area contributed by atoms with Gasteiger partial charge in [0.1, 0.15) is 0 Å². The number of piperidine rings is 1. The molecule has 104 valence electrons. The topological polar surface area (TPSA) is 66.8 Å². The molecular weight excluding hydrogens is 234 g/mol. The fourth-order valence-electron chi connectivity index (χ4n) is 2.17. The van der Waals surface area contributed by atoms with Gasteiger partial charge in [-0.05, 0) is 33.6 Å². The standard InChI is InChI=1S/C13H23NO4/c1-10(2)18-8-5-11(15)14-7-4-6-13(3,9-14)12(16)17/h10H,4-9H2,1-3H3,(H,16,17). The molecule has 5 heteroatoms. The fraction of sp³-hybridized carbons (Fsp3) is 0.846. The van der Waals surface area contributed by atoms with Crippen LogP contribution in [0.4, 0.5) is 0 Å². The Kier molecular flexibility index (Phi) is 5.14. The van der Waals surface area contributed by atoms with Gasteiger partial charge in [-0.3, -0.25) is 9.59 Å². The number of carbonyl (C=O) groups excluding carboxylic acids is 1. The SMILES string of the molecule is CC(C)OCCC(=O)N1CCCC(C)(C(=O)O)C1. The van der Waals surface area contributed by atoms with Crippen molar-refractivity contribution in [3.8, 4) is 0 Å². The number of likely N-dealkylation sites (tertiary alicyclic amines) is 1. The molecule has 5 nitrogen and oxygen atoms in total. The third-order valence-corrected chi connectivity index (χ3v) is 3.33. The summed E-state index contributed by atoms with van der Waals surface area (Å²) >= 11 is 0. The van der Waals surface area contributed by atoms with Gasteiger partial charge in [0.05, 0.1) is 24.5 Å². The summed E-state index contributed by atoms with van der Waals surface area (Å²) in [6.45, 7) is 6.92. The summed E-state index contributed by atoms with van der Waals surface area (Å²) in [5, 5.41) is 9.18. The van der Waals surface area contributed by atoms with Crippen LogP contribution in [0.5, 0.6) is 0 Å². The Balaban J connectivity index is 2.46. The summed E-state index contributed by atoms with van der Waals surface area (Å²) in [4.78, 5) is 24.8. The molecule has 0 aromatic heterocycles. The van der Waals surface area contributed by atoms with Gasteiger partial charge < -0.3 is 14.7 Å². The molecule has 1 heterocycles. The molecule has 1 atom stereocenters. The molecule has 0 aromatic carbocycles. The molecule has 1 N–H and O–H groups in total. The number of rotatable bonds is 5. The molecule has 1 fully saturated rings. The van der Waals surface area contributed by atoms with E-state index in [0.717, 1.165) is 6.42 Å². The molecule has 1 amide bonds. The van der Waals surface area contributed by atoms with E-state index in [-0.39, 0.29) is 12.0 Å². The first kappa shape index (κ1) is 15.0. The Morgan fingerprint density at radius 1 is 1.44 bits per heavy atom. The lowest BCUT2D eigenvalue weighted by Crippen LogP contribution is -2.48. The van der Waals surface area contributed by atoms with Gasteiger partial charge in [0, 0.05) is 13.1 Å². The third kappa shape index (κ3) is 3.98. The predicted molar refractivity (Wildman–Crippen MR) is 67.3 cm³/mol. The van der Waals surface area contributed by atoms with Crippen molar-refractivity contribution in [3.63, 3.8) is 0 Å². The van der Waals surface area contributed by atoms with Crippen LogP contribution in [0.15, 0.2) is 0 Å². The van der Waals surface area contributed by atoms with Crippen molar-refractivity contribution in [2.45, 2.75) is 46.1 Å². The molecule has 0 aliphatic carbocycles. The number of hydrogen-bond acceptors (Lipinski definition) is 3. The van der Waals surface area contributed by atoms with E-state index < -0.39 is 11.4 Å². The Morgan fingerprint density at radius 2 is 2.11 bits per heavy atom. The number of ether oxygens (including phenoxy) is 1. The van der Waals surface area contributed by atoms with Gasteiger partial charge in [0.25, 0.3) is 0 Å². The van der Waals surface area contributed by atoms with Crippen LogP contribution in [0.1, 0.15) is 40.0 Å². The summed E-state index contributed by atoms with van der Waals surface area (Å²) in [5.74, 6) is -0.832. The molecule has 1 rings (SSSR count). The maximum atomic E-state index is 11.9. The van der Waals surface area contributed by atoms with Crippen molar-refractivity contribution < 1.29 is 19.4 Å². The Labute approximate surface area is 108 Å². The van der Waals surface area contributed by atoms with Crippen LogP contribution in [0.3, 0.4) is 0 Å². The zero-order valence-electron chi connectivity index (χ0n) is 11.4. The highest BCUT2D eigenvalue weighted by atomic mass is 16.5. The van der Waals surface area contributed by atoms with E-state index in [1.54, 1.807) is 11.8 Å². The van der Waals surface area contributed by atoms with E-state index >= 15 is 0 Å². The lowest BCUT2D eigenvalue weighted by atomic mass is 9.82. The van der Waals surface area contributed by atoms with Crippen molar-refractivity contribution in [1.82, 2.24) is 4.90 Å². The minimum Gasteiger partial charge on any atom is -0.481 e. The highest BCUT2D eigenvalue weighted by Crippen LogP contribution is 2.29. The average molecular weight is 257 g/mol. The van der Waals surface area contributed by atoms with Gasteiger partial charge in [0.2, 0.25) is 5.91 Å².